The summed E-state index contributed by atoms with van der Waals surface area (Å²) in [6, 6.07) is 7.15. The quantitative estimate of drug-likeness (QED) is 0.596. The molecule has 0 unspecified atom stereocenters. The van der Waals surface area contributed by atoms with Gasteiger partial charge in [-0.15, -0.1) is 11.3 Å². The molecule has 9 heteroatoms. The summed E-state index contributed by atoms with van der Waals surface area (Å²) in [7, 11) is 3.26. The average molecular weight is 468 g/mol. The molecule has 0 aliphatic carbocycles. The maximum Gasteiger partial charge on any atom is 0.243 e. The van der Waals surface area contributed by atoms with E-state index >= 15 is 0 Å². The summed E-state index contributed by atoms with van der Waals surface area (Å²) < 4.78 is 5.18. The van der Waals surface area contributed by atoms with Crippen LogP contribution in [0.2, 0.25) is 0 Å². The Hall–Kier alpha value is -3.20. The lowest BCUT2D eigenvalue weighted by Crippen LogP contribution is -2.43. The number of thiophene rings is 1. The summed E-state index contributed by atoms with van der Waals surface area (Å²) in [6.45, 7) is 5.73. The van der Waals surface area contributed by atoms with Crippen molar-refractivity contribution >= 4 is 44.9 Å². The molecule has 8 nitrogen and oxygen atoms in total. The zero-order valence-corrected chi connectivity index (χ0v) is 20.2. The fourth-order valence-electron chi connectivity index (χ4n) is 4.25. The van der Waals surface area contributed by atoms with Crippen LogP contribution in [0.25, 0.3) is 10.2 Å². The number of anilines is 2. The van der Waals surface area contributed by atoms with Gasteiger partial charge in [-0.3, -0.25) is 9.59 Å². The summed E-state index contributed by atoms with van der Waals surface area (Å²) in [5.41, 5.74) is 1.87. The second-order valence-corrected chi connectivity index (χ2v) is 9.60. The number of likely N-dealkylation sites (N-methyl/N-ethyl adjacent to an activating group) is 1. The van der Waals surface area contributed by atoms with E-state index in [2.05, 4.69) is 34.0 Å². The number of ether oxygens (including phenoxy) is 1. The highest BCUT2D eigenvalue weighted by atomic mass is 32.1. The number of carbonyl (C=O) groups is 2. The second-order valence-electron chi connectivity index (χ2n) is 8.40. The van der Waals surface area contributed by atoms with Gasteiger partial charge < -0.3 is 19.9 Å². The van der Waals surface area contributed by atoms with Gasteiger partial charge in [0.15, 0.2) is 0 Å². The van der Waals surface area contributed by atoms with Gasteiger partial charge in [0.1, 0.15) is 22.7 Å². The van der Waals surface area contributed by atoms with Crippen molar-refractivity contribution in [1.29, 1.82) is 0 Å². The van der Waals surface area contributed by atoms with E-state index in [4.69, 9.17) is 4.74 Å². The first-order valence-corrected chi connectivity index (χ1v) is 11.8. The van der Waals surface area contributed by atoms with Crippen molar-refractivity contribution in [3.8, 4) is 5.75 Å². The topological polar surface area (TPSA) is 87.7 Å². The predicted octanol–water partition coefficient (Wildman–Crippen LogP) is 3.63. The Morgan fingerprint density at radius 3 is 2.73 bits per heavy atom. The number of aromatic nitrogens is 2. The van der Waals surface area contributed by atoms with E-state index in [-0.39, 0.29) is 24.3 Å². The van der Waals surface area contributed by atoms with E-state index in [9.17, 15) is 9.59 Å². The SMILES string of the molecule is COc1cccc(NC(=O)CN(C)C(=O)C2CCN(c3ncnc4sc(C)c(C)c34)CC2)c1. The zero-order valence-electron chi connectivity index (χ0n) is 19.4. The monoisotopic (exact) mass is 467 g/mol. The van der Waals surface area contributed by atoms with E-state index in [1.807, 2.05) is 6.07 Å². The van der Waals surface area contributed by atoms with Crippen molar-refractivity contribution in [2.75, 3.05) is 44.0 Å². The van der Waals surface area contributed by atoms with Crippen LogP contribution in [0.5, 0.6) is 5.75 Å². The van der Waals surface area contributed by atoms with Gasteiger partial charge in [-0.1, -0.05) is 6.07 Å². The highest BCUT2D eigenvalue weighted by Gasteiger charge is 2.29. The maximum atomic E-state index is 13.0. The van der Waals surface area contributed by atoms with Gasteiger partial charge in [0.05, 0.1) is 19.0 Å². The number of amides is 2. The van der Waals surface area contributed by atoms with Crippen LogP contribution in [0, 0.1) is 19.8 Å². The molecule has 1 aliphatic heterocycles. The Kier molecular flexibility index (Phi) is 6.78. The van der Waals surface area contributed by atoms with E-state index < -0.39 is 0 Å². The van der Waals surface area contributed by atoms with Crippen LogP contribution in [0.3, 0.4) is 0 Å². The summed E-state index contributed by atoms with van der Waals surface area (Å²) in [5, 5.41) is 3.95. The molecule has 0 saturated carbocycles. The highest BCUT2D eigenvalue weighted by Crippen LogP contribution is 2.35. The summed E-state index contributed by atoms with van der Waals surface area (Å²) >= 11 is 1.69. The molecular weight excluding hydrogens is 438 g/mol. The second kappa shape index (κ2) is 9.74. The number of methoxy groups -OCH3 is 1. The Balaban J connectivity index is 1.34. The first kappa shape index (κ1) is 23.0. The lowest BCUT2D eigenvalue weighted by Gasteiger charge is -2.34. The Bertz CT molecular complexity index is 1170. The minimum absolute atomic E-state index is 0.00540. The van der Waals surface area contributed by atoms with Crippen LogP contribution in [0.1, 0.15) is 23.3 Å². The van der Waals surface area contributed by atoms with Crippen LogP contribution in [-0.4, -0.2) is 60.5 Å². The molecule has 1 N–H and O–H groups in total. The normalized spacial score (nSPS) is 14.4. The number of aryl methyl sites for hydroxylation is 2. The minimum atomic E-state index is -0.233. The van der Waals surface area contributed by atoms with Gasteiger partial charge >= 0.3 is 0 Å². The molecule has 1 saturated heterocycles. The Morgan fingerprint density at radius 2 is 2.00 bits per heavy atom. The number of nitrogens with one attached hydrogen (secondary N) is 1. The van der Waals surface area contributed by atoms with Gasteiger partial charge in [0.2, 0.25) is 11.8 Å². The molecule has 3 heterocycles. The Labute approximate surface area is 197 Å². The fraction of sp³-hybridized carbons (Fsp3) is 0.417. The Morgan fingerprint density at radius 1 is 1.24 bits per heavy atom. The molecule has 1 aliphatic rings. The molecule has 0 bridgehead atoms. The lowest BCUT2D eigenvalue weighted by molar-refractivity contribution is -0.137. The third-order valence-corrected chi connectivity index (χ3v) is 7.31. The fourth-order valence-corrected chi connectivity index (χ4v) is 5.24. The zero-order chi connectivity index (χ0) is 23.5. The van der Waals surface area contributed by atoms with E-state index in [0.717, 1.165) is 42.0 Å². The molecule has 1 aromatic carbocycles. The van der Waals surface area contributed by atoms with Crippen LogP contribution in [-0.2, 0) is 9.59 Å². The molecule has 0 atom stereocenters. The summed E-state index contributed by atoms with van der Waals surface area (Å²) in [5.74, 6) is 1.30. The van der Waals surface area contributed by atoms with E-state index in [1.54, 1.807) is 50.0 Å². The summed E-state index contributed by atoms with van der Waals surface area (Å²) in [4.78, 5) is 40.4. The lowest BCUT2D eigenvalue weighted by atomic mass is 9.95. The molecule has 0 spiro atoms. The molecule has 174 valence electrons. The van der Waals surface area contributed by atoms with Crippen LogP contribution in [0.15, 0.2) is 30.6 Å². The van der Waals surface area contributed by atoms with Crippen molar-refractivity contribution in [1.82, 2.24) is 14.9 Å². The molecule has 4 rings (SSSR count). The number of piperidine rings is 1. The number of nitrogens with zero attached hydrogens (tertiary/aromatic N) is 4. The van der Waals surface area contributed by atoms with Crippen molar-refractivity contribution in [2.45, 2.75) is 26.7 Å². The van der Waals surface area contributed by atoms with Crippen LogP contribution in [0.4, 0.5) is 11.5 Å². The number of carbonyl (C=O) groups excluding carboxylic acids is 2. The molecular formula is C24H29N5O3S. The molecule has 2 aromatic heterocycles. The van der Waals surface area contributed by atoms with Crippen molar-refractivity contribution in [3.05, 3.63) is 41.0 Å². The standard InChI is InChI=1S/C24H29N5O3S/c1-15-16(2)33-23-21(15)22(25-14-26-23)29-10-8-17(9-11-29)24(31)28(3)13-20(30)27-18-6-5-7-19(12-18)32-4/h5-7,12,14,17H,8-11,13H2,1-4H3,(H,27,30). The summed E-state index contributed by atoms with van der Waals surface area (Å²) in [6.07, 6.45) is 3.09. The first-order chi connectivity index (χ1) is 15.9. The van der Waals surface area contributed by atoms with Crippen LogP contribution < -0.4 is 15.0 Å². The molecule has 3 aromatic rings. The first-order valence-electron chi connectivity index (χ1n) is 11.0. The largest absolute Gasteiger partial charge is 0.497 e. The van der Waals surface area contributed by atoms with Crippen molar-refractivity contribution < 1.29 is 14.3 Å². The van der Waals surface area contributed by atoms with Gasteiger partial charge in [0, 0.05) is 42.7 Å². The van der Waals surface area contributed by atoms with Crippen molar-refractivity contribution in [2.24, 2.45) is 5.92 Å². The number of hydrogen-bond donors (Lipinski definition) is 1. The minimum Gasteiger partial charge on any atom is -0.497 e. The van der Waals surface area contributed by atoms with Gasteiger partial charge in [-0.25, -0.2) is 9.97 Å². The smallest absolute Gasteiger partial charge is 0.243 e. The highest BCUT2D eigenvalue weighted by molar-refractivity contribution is 7.18. The van der Waals surface area contributed by atoms with Gasteiger partial charge in [-0.2, -0.15) is 0 Å². The number of benzene rings is 1. The third-order valence-electron chi connectivity index (χ3n) is 6.20. The molecule has 0 radical (unpaired) electrons. The van der Waals surface area contributed by atoms with Gasteiger partial charge in [-0.05, 0) is 44.4 Å². The third kappa shape index (κ3) is 4.93. The molecule has 2 amide bonds. The van der Waals surface area contributed by atoms with E-state index in [0.29, 0.717) is 11.4 Å². The van der Waals surface area contributed by atoms with Crippen LogP contribution >= 0.6 is 11.3 Å². The van der Waals surface area contributed by atoms with E-state index in [1.165, 1.54) is 15.3 Å². The van der Waals surface area contributed by atoms with Crippen molar-refractivity contribution in [3.63, 3.8) is 0 Å². The maximum absolute atomic E-state index is 13.0. The molecule has 1 fully saturated rings. The molecule has 33 heavy (non-hydrogen) atoms. The number of rotatable bonds is 6. The number of hydrogen-bond acceptors (Lipinski definition) is 7. The van der Waals surface area contributed by atoms with Gasteiger partial charge in [0.25, 0.3) is 0 Å². The average Bonchev–Trinajstić information content (AvgIpc) is 3.12. The predicted molar refractivity (Wildman–Crippen MR) is 131 cm³/mol. The number of fused-ring (bicyclic) bond motifs is 1.